The number of hydrogen-bond donors (Lipinski definition) is 0. The highest BCUT2D eigenvalue weighted by molar-refractivity contribution is 7.96. The minimum Gasteiger partial charge on any atom is -0.419 e. The van der Waals surface area contributed by atoms with Gasteiger partial charge in [-0.25, -0.2) is 0 Å². The van der Waals surface area contributed by atoms with Crippen LogP contribution >= 0.6 is 12.0 Å². The Kier molecular flexibility index (Phi) is 8.83. The fourth-order valence-electron chi connectivity index (χ4n) is 6.30. The molecule has 0 saturated heterocycles. The molecular formula is C28H38F6OS. The molecule has 204 valence electrons. The van der Waals surface area contributed by atoms with Crippen LogP contribution < -0.4 is 4.18 Å². The minimum atomic E-state index is -5.54. The van der Waals surface area contributed by atoms with Gasteiger partial charge in [0.2, 0.25) is 0 Å². The lowest BCUT2D eigenvalue weighted by molar-refractivity contribution is -0.269. The predicted octanol–water partition coefficient (Wildman–Crippen LogP) is 10.7. The zero-order valence-electron chi connectivity index (χ0n) is 21.1. The van der Waals surface area contributed by atoms with Gasteiger partial charge < -0.3 is 4.18 Å². The van der Waals surface area contributed by atoms with Crippen molar-refractivity contribution in [3.63, 3.8) is 0 Å². The van der Waals surface area contributed by atoms with E-state index in [2.05, 4.69) is 12.1 Å². The van der Waals surface area contributed by atoms with Crippen LogP contribution in [0.25, 0.3) is 0 Å². The van der Waals surface area contributed by atoms with Crippen LogP contribution in [0.3, 0.4) is 0 Å². The number of halogens is 6. The van der Waals surface area contributed by atoms with Gasteiger partial charge in [-0.2, -0.15) is 26.3 Å². The second-order valence-corrected chi connectivity index (χ2v) is 12.0. The lowest BCUT2D eigenvalue weighted by atomic mass is 9.75. The summed E-state index contributed by atoms with van der Waals surface area (Å²) in [5.74, 6) is -9.59. The SMILES string of the molecule is CC(F)(F)C(F)(F)C(F)(F)SOc1c(C2CCCCC2)cc(C2CCCCC2)cc1C1CCCCC1. The van der Waals surface area contributed by atoms with E-state index in [1.54, 1.807) is 0 Å². The van der Waals surface area contributed by atoms with Crippen molar-refractivity contribution in [1.29, 1.82) is 0 Å². The molecule has 8 heteroatoms. The van der Waals surface area contributed by atoms with Crippen molar-refractivity contribution < 1.29 is 30.5 Å². The average Bonchev–Trinajstić information content (AvgIpc) is 2.88. The van der Waals surface area contributed by atoms with E-state index >= 15 is 0 Å². The van der Waals surface area contributed by atoms with Crippen LogP contribution in [0.4, 0.5) is 26.3 Å². The van der Waals surface area contributed by atoms with Crippen molar-refractivity contribution in [1.82, 2.24) is 0 Å². The quantitative estimate of drug-likeness (QED) is 0.241. The van der Waals surface area contributed by atoms with Gasteiger partial charge in [0.25, 0.3) is 0 Å². The summed E-state index contributed by atoms with van der Waals surface area (Å²) in [6, 6.07) is 4.14. The van der Waals surface area contributed by atoms with Gasteiger partial charge in [0, 0.05) is 6.92 Å². The van der Waals surface area contributed by atoms with E-state index in [-0.39, 0.29) is 24.5 Å². The molecule has 1 nitrogen and oxygen atoms in total. The molecule has 0 radical (unpaired) electrons. The summed E-state index contributed by atoms with van der Waals surface area (Å²) in [7, 11) is 0. The molecular weight excluding hydrogens is 498 g/mol. The lowest BCUT2D eigenvalue weighted by Crippen LogP contribution is -2.51. The smallest absolute Gasteiger partial charge is 0.396 e. The Morgan fingerprint density at radius 1 is 0.639 bits per heavy atom. The van der Waals surface area contributed by atoms with Crippen molar-refractivity contribution in [2.24, 2.45) is 0 Å². The molecule has 0 unspecified atom stereocenters. The van der Waals surface area contributed by atoms with Crippen LogP contribution in [0.5, 0.6) is 5.75 Å². The Morgan fingerprint density at radius 2 is 1.03 bits per heavy atom. The van der Waals surface area contributed by atoms with E-state index in [0.29, 0.717) is 5.92 Å². The zero-order chi connectivity index (χ0) is 26.0. The molecule has 0 amide bonds. The highest BCUT2D eigenvalue weighted by Gasteiger charge is 2.71. The molecule has 36 heavy (non-hydrogen) atoms. The molecule has 0 bridgehead atoms. The van der Waals surface area contributed by atoms with Crippen molar-refractivity contribution in [3.05, 3.63) is 28.8 Å². The first-order chi connectivity index (χ1) is 17.0. The maximum absolute atomic E-state index is 14.5. The summed E-state index contributed by atoms with van der Waals surface area (Å²) in [5.41, 5.74) is 2.83. The zero-order valence-corrected chi connectivity index (χ0v) is 21.9. The normalized spacial score (nSPS) is 22.1. The molecule has 0 heterocycles. The molecule has 0 aliphatic heterocycles. The van der Waals surface area contributed by atoms with Gasteiger partial charge in [-0.3, -0.25) is 0 Å². The summed E-state index contributed by atoms with van der Waals surface area (Å²) in [4.78, 5) is 0. The Labute approximate surface area is 215 Å². The Hall–Kier alpha value is -1.05. The van der Waals surface area contributed by atoms with Gasteiger partial charge in [-0.1, -0.05) is 69.9 Å². The Bertz CT molecular complexity index is 826. The molecule has 0 aromatic heterocycles. The number of alkyl halides is 6. The van der Waals surface area contributed by atoms with E-state index in [1.165, 1.54) is 12.0 Å². The first kappa shape index (κ1) is 28.0. The fraction of sp³-hybridized carbons (Fsp3) is 0.786. The molecule has 3 saturated carbocycles. The molecule has 0 spiro atoms. The number of rotatable bonds is 8. The predicted molar refractivity (Wildman–Crippen MR) is 133 cm³/mol. The molecule has 0 N–H and O–H groups in total. The molecule has 1 aromatic rings. The van der Waals surface area contributed by atoms with Crippen molar-refractivity contribution >= 4 is 12.0 Å². The average molecular weight is 537 g/mol. The second-order valence-electron chi connectivity index (χ2n) is 11.2. The Morgan fingerprint density at radius 3 is 1.42 bits per heavy atom. The maximum atomic E-state index is 14.5. The molecule has 3 aliphatic rings. The minimum absolute atomic E-state index is 0.0991. The standard InChI is InChI=1S/C28H38F6OS/c1-26(29,30)27(31,32)28(33,34)36-35-25-23(20-13-7-3-8-14-20)17-22(19-11-5-2-6-12-19)18-24(25)21-15-9-4-10-16-21/h17-21H,2-16H2,1H3. The monoisotopic (exact) mass is 536 g/mol. The summed E-state index contributed by atoms with van der Waals surface area (Å²) in [5, 5.41) is -5.08. The van der Waals surface area contributed by atoms with Crippen LogP contribution in [0, 0.1) is 0 Å². The van der Waals surface area contributed by atoms with Gasteiger partial charge in [0.1, 0.15) is 17.8 Å². The van der Waals surface area contributed by atoms with Crippen LogP contribution in [0.15, 0.2) is 12.1 Å². The summed E-state index contributed by atoms with van der Waals surface area (Å²) >= 11 is -0.800. The van der Waals surface area contributed by atoms with Crippen molar-refractivity contribution in [2.75, 3.05) is 0 Å². The Balaban J connectivity index is 1.75. The summed E-state index contributed by atoms with van der Waals surface area (Å²) in [6.45, 7) is -0.179. The fourth-order valence-corrected chi connectivity index (χ4v) is 6.97. The van der Waals surface area contributed by atoms with E-state index < -0.39 is 29.1 Å². The third kappa shape index (κ3) is 5.99. The van der Waals surface area contributed by atoms with E-state index in [1.807, 2.05) is 0 Å². The van der Waals surface area contributed by atoms with Gasteiger partial charge in [0.15, 0.2) is 0 Å². The number of benzene rings is 1. The van der Waals surface area contributed by atoms with Crippen molar-refractivity contribution in [3.8, 4) is 5.75 Å². The lowest BCUT2D eigenvalue weighted by Gasteiger charge is -2.33. The van der Waals surface area contributed by atoms with E-state index in [9.17, 15) is 26.3 Å². The molecule has 0 atom stereocenters. The molecule has 3 aliphatic carbocycles. The largest absolute Gasteiger partial charge is 0.419 e. The highest BCUT2D eigenvalue weighted by atomic mass is 32.2. The number of hydrogen-bond acceptors (Lipinski definition) is 2. The first-order valence-corrected chi connectivity index (χ1v) is 14.4. The summed E-state index contributed by atoms with van der Waals surface area (Å²) < 4.78 is 89.4. The van der Waals surface area contributed by atoms with Gasteiger partial charge in [0.05, 0.1) is 0 Å². The van der Waals surface area contributed by atoms with Gasteiger partial charge in [-0.15, -0.1) is 0 Å². The van der Waals surface area contributed by atoms with Gasteiger partial charge in [-0.05, 0) is 73.0 Å². The third-order valence-electron chi connectivity index (χ3n) is 8.48. The van der Waals surface area contributed by atoms with Gasteiger partial charge >= 0.3 is 17.1 Å². The molecule has 1 aromatic carbocycles. The van der Waals surface area contributed by atoms with Crippen LogP contribution in [0.2, 0.25) is 0 Å². The first-order valence-electron chi connectivity index (χ1n) is 13.7. The topological polar surface area (TPSA) is 9.23 Å². The third-order valence-corrected chi connectivity index (χ3v) is 9.20. The van der Waals surface area contributed by atoms with Crippen LogP contribution in [-0.4, -0.2) is 17.1 Å². The molecule has 4 rings (SSSR count). The van der Waals surface area contributed by atoms with E-state index in [4.69, 9.17) is 4.18 Å². The summed E-state index contributed by atoms with van der Waals surface area (Å²) in [6.07, 6.45) is 15.5. The van der Waals surface area contributed by atoms with Crippen LogP contribution in [0.1, 0.15) is 138 Å². The van der Waals surface area contributed by atoms with E-state index in [0.717, 1.165) is 101 Å². The van der Waals surface area contributed by atoms with Crippen molar-refractivity contribution in [2.45, 2.75) is 138 Å². The van der Waals surface area contributed by atoms with Crippen LogP contribution in [-0.2, 0) is 0 Å². The molecule has 3 fully saturated rings. The highest BCUT2D eigenvalue weighted by Crippen LogP contribution is 2.54. The second kappa shape index (κ2) is 11.4. The maximum Gasteiger partial charge on any atom is 0.396 e.